The molecule has 1 amide bonds. The molecule has 1 aliphatic heterocycles. The largest absolute Gasteiger partial charge is 0.370 e. The van der Waals surface area contributed by atoms with E-state index < -0.39 is 0 Å². The van der Waals surface area contributed by atoms with E-state index in [1.807, 2.05) is 18.2 Å². The zero-order chi connectivity index (χ0) is 18.5. The van der Waals surface area contributed by atoms with Gasteiger partial charge in [-0.1, -0.05) is 35.3 Å². The summed E-state index contributed by atoms with van der Waals surface area (Å²) in [6.45, 7) is 2.05. The molecular weight excluding hydrogens is 389 g/mol. The van der Waals surface area contributed by atoms with Crippen LogP contribution in [0.2, 0.25) is 10.0 Å². The lowest BCUT2D eigenvalue weighted by Gasteiger charge is -2.30. The third-order valence-corrected chi connectivity index (χ3v) is 5.00. The summed E-state index contributed by atoms with van der Waals surface area (Å²) < 4.78 is 0. The van der Waals surface area contributed by atoms with Crippen molar-refractivity contribution >= 4 is 57.8 Å². The molecule has 1 aliphatic rings. The number of nitrogens with zero attached hydrogens (tertiary/aromatic N) is 1. The molecule has 1 fully saturated rings. The smallest absolute Gasteiger partial charge is 0.258 e. The Morgan fingerprint density at radius 2 is 1.77 bits per heavy atom. The number of hydrogen-bond donors (Lipinski definition) is 2. The van der Waals surface area contributed by atoms with Crippen LogP contribution in [0.25, 0.3) is 0 Å². The van der Waals surface area contributed by atoms with Gasteiger partial charge in [-0.05, 0) is 61.8 Å². The highest BCUT2D eigenvalue weighted by Crippen LogP contribution is 2.28. The van der Waals surface area contributed by atoms with Crippen LogP contribution < -0.4 is 15.5 Å². The van der Waals surface area contributed by atoms with E-state index in [2.05, 4.69) is 21.6 Å². The average Bonchev–Trinajstić information content (AvgIpc) is 2.62. The van der Waals surface area contributed by atoms with Crippen molar-refractivity contribution < 1.29 is 4.79 Å². The van der Waals surface area contributed by atoms with E-state index >= 15 is 0 Å². The van der Waals surface area contributed by atoms with Crippen LogP contribution in [-0.4, -0.2) is 24.1 Å². The van der Waals surface area contributed by atoms with Crippen molar-refractivity contribution in [3.05, 3.63) is 58.1 Å². The van der Waals surface area contributed by atoms with Crippen molar-refractivity contribution in [1.82, 2.24) is 5.32 Å². The van der Waals surface area contributed by atoms with Crippen LogP contribution in [0.3, 0.4) is 0 Å². The first-order valence-electron chi connectivity index (χ1n) is 8.46. The summed E-state index contributed by atoms with van der Waals surface area (Å²) in [7, 11) is 0. The van der Waals surface area contributed by atoms with E-state index in [0.717, 1.165) is 24.5 Å². The van der Waals surface area contributed by atoms with Crippen molar-refractivity contribution in [3.8, 4) is 0 Å². The van der Waals surface area contributed by atoms with Gasteiger partial charge in [-0.2, -0.15) is 0 Å². The van der Waals surface area contributed by atoms with Gasteiger partial charge in [0, 0.05) is 18.1 Å². The lowest BCUT2D eigenvalue weighted by atomic mass is 10.1. The molecule has 0 radical (unpaired) electrons. The maximum absolute atomic E-state index is 12.4. The molecule has 1 saturated heterocycles. The highest BCUT2D eigenvalue weighted by atomic mass is 35.5. The fourth-order valence-electron chi connectivity index (χ4n) is 2.99. The molecule has 0 spiro atoms. The molecule has 3 rings (SSSR count). The van der Waals surface area contributed by atoms with Gasteiger partial charge in [0.2, 0.25) is 0 Å². The minimum Gasteiger partial charge on any atom is -0.370 e. The molecule has 26 heavy (non-hydrogen) atoms. The van der Waals surface area contributed by atoms with Crippen LogP contribution >= 0.6 is 35.4 Å². The number of thiocarbonyl (C=S) groups is 1. The van der Waals surface area contributed by atoms with Gasteiger partial charge in [0.05, 0.1) is 22.0 Å². The van der Waals surface area contributed by atoms with Crippen molar-refractivity contribution in [3.63, 3.8) is 0 Å². The number of benzene rings is 2. The lowest BCUT2D eigenvalue weighted by Crippen LogP contribution is -2.35. The summed E-state index contributed by atoms with van der Waals surface area (Å²) in [5.74, 6) is -0.375. The van der Waals surface area contributed by atoms with Crippen LogP contribution in [0, 0.1) is 0 Å². The second-order valence-corrected chi connectivity index (χ2v) is 7.35. The maximum Gasteiger partial charge on any atom is 0.258 e. The molecule has 0 aliphatic carbocycles. The van der Waals surface area contributed by atoms with Gasteiger partial charge in [-0.3, -0.25) is 10.1 Å². The molecule has 2 aromatic rings. The van der Waals surface area contributed by atoms with Crippen LogP contribution in [0.1, 0.15) is 29.6 Å². The summed E-state index contributed by atoms with van der Waals surface area (Å²) >= 11 is 17.3. The standard InChI is InChI=1S/C19H19Cl2N3OS/c20-13-8-9-14(15(21)12-13)18(25)23-19(26)22-16-6-2-3-7-17(16)24-10-4-1-5-11-24/h2-3,6-9,12H,1,4-5,10-11H2,(H2,22,23,25,26). The predicted octanol–water partition coefficient (Wildman–Crippen LogP) is 5.11. The van der Waals surface area contributed by atoms with Crippen LogP contribution in [0.4, 0.5) is 11.4 Å². The molecule has 2 aromatic carbocycles. The van der Waals surface area contributed by atoms with E-state index in [0.29, 0.717) is 10.6 Å². The number of piperidine rings is 1. The van der Waals surface area contributed by atoms with Gasteiger partial charge in [0.25, 0.3) is 5.91 Å². The zero-order valence-electron chi connectivity index (χ0n) is 14.1. The molecule has 2 N–H and O–H groups in total. The fourth-order valence-corrected chi connectivity index (χ4v) is 3.68. The Labute approximate surface area is 168 Å². The molecule has 0 aromatic heterocycles. The summed E-state index contributed by atoms with van der Waals surface area (Å²) in [6, 6.07) is 12.7. The Kier molecular flexibility index (Phi) is 6.35. The third-order valence-electron chi connectivity index (χ3n) is 4.25. The summed E-state index contributed by atoms with van der Waals surface area (Å²) in [6.07, 6.45) is 3.64. The Hall–Kier alpha value is -1.82. The molecule has 1 heterocycles. The molecular formula is C19H19Cl2N3OS. The second-order valence-electron chi connectivity index (χ2n) is 6.10. The Morgan fingerprint density at radius 1 is 1.04 bits per heavy atom. The van der Waals surface area contributed by atoms with E-state index in [1.54, 1.807) is 12.1 Å². The van der Waals surface area contributed by atoms with Crippen LogP contribution in [-0.2, 0) is 0 Å². The van der Waals surface area contributed by atoms with E-state index in [9.17, 15) is 4.79 Å². The Morgan fingerprint density at radius 3 is 2.50 bits per heavy atom. The highest BCUT2D eigenvalue weighted by Gasteiger charge is 2.16. The van der Waals surface area contributed by atoms with E-state index in [1.165, 1.54) is 25.3 Å². The molecule has 7 heteroatoms. The summed E-state index contributed by atoms with van der Waals surface area (Å²) in [5.41, 5.74) is 2.29. The minimum atomic E-state index is -0.375. The summed E-state index contributed by atoms with van der Waals surface area (Å²) in [5, 5.41) is 6.78. The summed E-state index contributed by atoms with van der Waals surface area (Å²) in [4.78, 5) is 14.7. The van der Waals surface area contributed by atoms with E-state index in [4.69, 9.17) is 35.4 Å². The van der Waals surface area contributed by atoms with Crippen molar-refractivity contribution in [1.29, 1.82) is 0 Å². The predicted molar refractivity (Wildman–Crippen MR) is 113 cm³/mol. The first kappa shape index (κ1) is 19.0. The fraction of sp³-hybridized carbons (Fsp3) is 0.263. The van der Waals surface area contributed by atoms with Gasteiger partial charge in [-0.25, -0.2) is 0 Å². The van der Waals surface area contributed by atoms with Crippen molar-refractivity contribution in [2.24, 2.45) is 0 Å². The number of para-hydroxylation sites is 2. The number of anilines is 2. The molecule has 136 valence electrons. The third kappa shape index (κ3) is 4.67. The Bertz CT molecular complexity index is 822. The highest BCUT2D eigenvalue weighted by molar-refractivity contribution is 7.80. The normalized spacial score (nSPS) is 14.0. The quantitative estimate of drug-likeness (QED) is 0.693. The lowest BCUT2D eigenvalue weighted by molar-refractivity contribution is 0.0978. The number of carbonyl (C=O) groups is 1. The van der Waals surface area contributed by atoms with Gasteiger partial charge >= 0.3 is 0 Å². The molecule has 0 bridgehead atoms. The van der Waals surface area contributed by atoms with E-state index in [-0.39, 0.29) is 16.0 Å². The molecule has 4 nitrogen and oxygen atoms in total. The number of halogens is 2. The minimum absolute atomic E-state index is 0.227. The number of carbonyl (C=O) groups excluding carboxylic acids is 1. The zero-order valence-corrected chi connectivity index (χ0v) is 16.4. The van der Waals surface area contributed by atoms with Gasteiger partial charge in [-0.15, -0.1) is 0 Å². The van der Waals surface area contributed by atoms with Gasteiger partial charge < -0.3 is 10.2 Å². The Balaban J connectivity index is 1.69. The van der Waals surface area contributed by atoms with Gasteiger partial charge in [0.15, 0.2) is 5.11 Å². The number of hydrogen-bond acceptors (Lipinski definition) is 3. The number of amides is 1. The molecule has 0 saturated carbocycles. The topological polar surface area (TPSA) is 44.4 Å². The first-order valence-corrected chi connectivity index (χ1v) is 9.62. The van der Waals surface area contributed by atoms with Crippen molar-refractivity contribution in [2.75, 3.05) is 23.3 Å². The molecule has 0 unspecified atom stereocenters. The van der Waals surface area contributed by atoms with Crippen LogP contribution in [0.15, 0.2) is 42.5 Å². The second kappa shape index (κ2) is 8.71. The average molecular weight is 408 g/mol. The maximum atomic E-state index is 12.4. The van der Waals surface area contributed by atoms with Crippen molar-refractivity contribution in [2.45, 2.75) is 19.3 Å². The SMILES string of the molecule is O=C(NC(=S)Nc1ccccc1N1CCCCC1)c1ccc(Cl)cc1Cl. The van der Waals surface area contributed by atoms with Gasteiger partial charge in [0.1, 0.15) is 0 Å². The van der Waals surface area contributed by atoms with Crippen LogP contribution in [0.5, 0.6) is 0 Å². The monoisotopic (exact) mass is 407 g/mol. The first-order chi connectivity index (χ1) is 12.5. The number of nitrogens with one attached hydrogen (secondary N) is 2. The molecule has 0 atom stereocenters. The number of rotatable bonds is 3.